The Balaban J connectivity index is 0.00000288. The van der Waals surface area contributed by atoms with Gasteiger partial charge in [-0.2, -0.15) is 0 Å². The molecule has 1 saturated carbocycles. The molecule has 6 heteroatoms. The third-order valence-electron chi connectivity index (χ3n) is 4.96. The van der Waals surface area contributed by atoms with Crippen molar-refractivity contribution in [1.29, 1.82) is 0 Å². The predicted octanol–water partition coefficient (Wildman–Crippen LogP) is 3.65. The highest BCUT2D eigenvalue weighted by Gasteiger charge is 2.34. The number of halogens is 2. The summed E-state index contributed by atoms with van der Waals surface area (Å²) in [6.07, 6.45) is 4.91. The van der Waals surface area contributed by atoms with Gasteiger partial charge in [0.2, 0.25) is 5.91 Å². The molecule has 0 aromatic heterocycles. The Hall–Kier alpha value is -0.810. The van der Waals surface area contributed by atoms with Crippen molar-refractivity contribution in [2.24, 2.45) is 5.73 Å². The summed E-state index contributed by atoms with van der Waals surface area (Å²) >= 11 is 0. The molecule has 0 spiro atoms. The number of amides is 1. The Labute approximate surface area is 164 Å². The number of nitrogens with two attached hydrogens (primary N) is 1. The molecule has 25 heavy (non-hydrogen) atoms. The Morgan fingerprint density at radius 2 is 1.80 bits per heavy atom. The third-order valence-corrected chi connectivity index (χ3v) is 4.96. The lowest BCUT2D eigenvalue weighted by Crippen LogP contribution is -2.54. The molecule has 144 valence electrons. The van der Waals surface area contributed by atoms with Crippen LogP contribution in [0.3, 0.4) is 0 Å². The molecule has 1 amide bonds. The van der Waals surface area contributed by atoms with Crippen LogP contribution in [0.2, 0.25) is 0 Å². The van der Waals surface area contributed by atoms with Crippen LogP contribution in [0.4, 0.5) is 0 Å². The molecular weight excluding hydrogens is 357 g/mol. The maximum atomic E-state index is 12.4. The van der Waals surface area contributed by atoms with E-state index in [4.69, 9.17) is 5.73 Å². The van der Waals surface area contributed by atoms with Gasteiger partial charge in [0, 0.05) is 19.1 Å². The molecule has 1 aliphatic rings. The van der Waals surface area contributed by atoms with E-state index in [1.807, 2.05) is 0 Å². The van der Waals surface area contributed by atoms with Crippen molar-refractivity contribution in [2.45, 2.75) is 70.6 Å². The summed E-state index contributed by atoms with van der Waals surface area (Å²) < 4.78 is 0. The summed E-state index contributed by atoms with van der Waals surface area (Å²) in [5, 5.41) is 3.03. The Morgan fingerprint density at radius 3 is 2.40 bits per heavy atom. The van der Waals surface area contributed by atoms with Gasteiger partial charge in [-0.3, -0.25) is 9.69 Å². The van der Waals surface area contributed by atoms with Crippen LogP contribution in [0.5, 0.6) is 0 Å². The molecule has 1 aromatic carbocycles. The summed E-state index contributed by atoms with van der Waals surface area (Å²) in [6.45, 7) is 5.85. The fraction of sp³-hybridized carbons (Fsp3) is 0.632. The monoisotopic (exact) mass is 389 g/mol. The zero-order chi connectivity index (χ0) is 16.9. The van der Waals surface area contributed by atoms with Gasteiger partial charge >= 0.3 is 0 Å². The molecule has 0 bridgehead atoms. The quantitative estimate of drug-likeness (QED) is 0.780. The highest BCUT2D eigenvalue weighted by Crippen LogP contribution is 2.26. The summed E-state index contributed by atoms with van der Waals surface area (Å²) in [5.74, 6) is 0.00176. The molecule has 0 radical (unpaired) electrons. The van der Waals surface area contributed by atoms with Crippen LogP contribution in [0, 0.1) is 0 Å². The minimum Gasteiger partial charge on any atom is -0.350 e. The van der Waals surface area contributed by atoms with Crippen LogP contribution in [-0.2, 0) is 17.9 Å². The van der Waals surface area contributed by atoms with Gasteiger partial charge in [0.05, 0.1) is 5.54 Å². The zero-order valence-corrected chi connectivity index (χ0v) is 17.2. The van der Waals surface area contributed by atoms with Crippen molar-refractivity contribution in [3.8, 4) is 0 Å². The van der Waals surface area contributed by atoms with Crippen LogP contribution >= 0.6 is 24.8 Å². The first-order chi connectivity index (χ1) is 10.9. The number of hydrogen-bond donors (Lipinski definition) is 2. The molecule has 3 N–H and O–H groups in total. The minimum atomic E-state index is -0.659. The topological polar surface area (TPSA) is 58.4 Å². The molecule has 2 rings (SSSR count). The summed E-state index contributed by atoms with van der Waals surface area (Å²) in [5.41, 5.74) is 8.02. The molecule has 0 saturated heterocycles. The van der Waals surface area contributed by atoms with Gasteiger partial charge in [-0.1, -0.05) is 43.5 Å². The number of carbonyl (C=O) groups excluding carboxylic acids is 1. The van der Waals surface area contributed by atoms with Crippen molar-refractivity contribution in [2.75, 3.05) is 7.05 Å². The van der Waals surface area contributed by atoms with Gasteiger partial charge in [-0.25, -0.2) is 0 Å². The fourth-order valence-electron chi connectivity index (χ4n) is 3.08. The van der Waals surface area contributed by atoms with Gasteiger partial charge < -0.3 is 11.1 Å². The second-order valence-electron chi connectivity index (χ2n) is 7.23. The SMILES string of the molecule is CC(C)N(C)Cc1cccc(CNC(=O)C2(N)CCCCC2)c1.Cl.Cl. The second kappa shape index (κ2) is 11.0. The summed E-state index contributed by atoms with van der Waals surface area (Å²) in [6, 6.07) is 8.94. The normalized spacial score (nSPS) is 16.1. The first kappa shape index (κ1) is 24.2. The predicted molar refractivity (Wildman–Crippen MR) is 109 cm³/mol. The van der Waals surface area contributed by atoms with E-state index in [0.29, 0.717) is 12.6 Å². The van der Waals surface area contributed by atoms with Crippen molar-refractivity contribution < 1.29 is 4.79 Å². The highest BCUT2D eigenvalue weighted by molar-refractivity contribution is 5.86. The largest absolute Gasteiger partial charge is 0.350 e. The van der Waals surface area contributed by atoms with E-state index in [1.54, 1.807) is 0 Å². The van der Waals surface area contributed by atoms with Gasteiger partial charge in [-0.15, -0.1) is 24.8 Å². The van der Waals surface area contributed by atoms with Gasteiger partial charge in [0.25, 0.3) is 0 Å². The third kappa shape index (κ3) is 7.14. The number of nitrogens with one attached hydrogen (secondary N) is 1. The van der Waals surface area contributed by atoms with Gasteiger partial charge in [-0.05, 0) is 44.9 Å². The van der Waals surface area contributed by atoms with E-state index in [1.165, 1.54) is 12.0 Å². The van der Waals surface area contributed by atoms with Gasteiger partial charge in [0.1, 0.15) is 0 Å². The number of benzene rings is 1. The Morgan fingerprint density at radius 1 is 1.20 bits per heavy atom. The average Bonchev–Trinajstić information content (AvgIpc) is 2.53. The molecule has 0 aliphatic heterocycles. The van der Waals surface area contributed by atoms with E-state index in [2.05, 4.69) is 55.4 Å². The van der Waals surface area contributed by atoms with Crippen LogP contribution in [0.25, 0.3) is 0 Å². The van der Waals surface area contributed by atoms with Crippen molar-refractivity contribution in [3.05, 3.63) is 35.4 Å². The summed E-state index contributed by atoms with van der Waals surface area (Å²) in [4.78, 5) is 14.7. The maximum absolute atomic E-state index is 12.4. The van der Waals surface area contributed by atoms with E-state index in [0.717, 1.165) is 37.8 Å². The maximum Gasteiger partial charge on any atom is 0.240 e. The highest BCUT2D eigenvalue weighted by atomic mass is 35.5. The lowest BCUT2D eigenvalue weighted by molar-refractivity contribution is -0.127. The zero-order valence-electron chi connectivity index (χ0n) is 15.6. The first-order valence-corrected chi connectivity index (χ1v) is 8.76. The average molecular weight is 390 g/mol. The van der Waals surface area contributed by atoms with Crippen molar-refractivity contribution >= 4 is 30.7 Å². The summed E-state index contributed by atoms with van der Waals surface area (Å²) in [7, 11) is 2.13. The van der Waals surface area contributed by atoms with E-state index < -0.39 is 5.54 Å². The lowest BCUT2D eigenvalue weighted by Gasteiger charge is -2.31. The molecule has 0 atom stereocenters. The van der Waals surface area contributed by atoms with Crippen LogP contribution in [0.15, 0.2) is 24.3 Å². The molecule has 0 heterocycles. The number of nitrogens with zero attached hydrogens (tertiary/aromatic N) is 1. The van der Waals surface area contributed by atoms with Crippen LogP contribution in [0.1, 0.15) is 57.1 Å². The molecule has 0 unspecified atom stereocenters. The van der Waals surface area contributed by atoms with Crippen molar-refractivity contribution in [1.82, 2.24) is 10.2 Å². The lowest BCUT2D eigenvalue weighted by atomic mass is 9.82. The van der Waals surface area contributed by atoms with E-state index in [9.17, 15) is 4.79 Å². The molecule has 1 fully saturated rings. The van der Waals surface area contributed by atoms with Gasteiger partial charge in [0.15, 0.2) is 0 Å². The minimum absolute atomic E-state index is 0. The molecule has 1 aromatic rings. The Bertz CT molecular complexity index is 531. The van der Waals surface area contributed by atoms with E-state index >= 15 is 0 Å². The molecule has 4 nitrogen and oxygen atoms in total. The standard InChI is InChI=1S/C19H31N3O.2ClH/c1-15(2)22(3)14-17-9-7-8-16(12-17)13-21-18(23)19(20)10-5-4-6-11-19;;/h7-9,12,15H,4-6,10-11,13-14,20H2,1-3H3,(H,21,23);2*1H. The molecule has 1 aliphatic carbocycles. The number of hydrogen-bond acceptors (Lipinski definition) is 3. The van der Waals surface area contributed by atoms with Crippen LogP contribution in [-0.4, -0.2) is 29.4 Å². The Kier molecular flexibility index (Phi) is 10.7. The second-order valence-corrected chi connectivity index (χ2v) is 7.23. The first-order valence-electron chi connectivity index (χ1n) is 8.76. The van der Waals surface area contributed by atoms with Crippen molar-refractivity contribution in [3.63, 3.8) is 0 Å². The number of rotatable bonds is 6. The van der Waals surface area contributed by atoms with Crippen LogP contribution < -0.4 is 11.1 Å². The van der Waals surface area contributed by atoms with E-state index in [-0.39, 0.29) is 30.7 Å². The molecular formula is C19H33Cl2N3O. The smallest absolute Gasteiger partial charge is 0.240 e. The number of carbonyl (C=O) groups is 1. The fourth-order valence-corrected chi connectivity index (χ4v) is 3.08.